The Morgan fingerprint density at radius 1 is 0.404 bits per heavy atom. The summed E-state index contributed by atoms with van der Waals surface area (Å²) >= 11 is 7.71. The van der Waals surface area contributed by atoms with Gasteiger partial charge < -0.3 is 22.3 Å². The summed E-state index contributed by atoms with van der Waals surface area (Å²) < 4.78 is 35.8. The first-order chi connectivity index (χ1) is 46.4. The molecule has 10 heterocycles. The standard InChI is InChI=1S/3C6H10N2O.3C6H10N2S.C5H12.C4H4O.3C4H10.C3H3NO.2C3H3NS.4C2H6/c1-4(2)6-8-7-5(3)9-6;1-4(2)6-7-5(3)9-8-6;1-4(2)6-7-5(3)8-9-6;1-4(2)6-8-7-5(3)9-6;1-4(2)6-7-5(3)9-8-6;1-4(2)6-7-5(3)8-9-6;1-5(2,3)4;1-2-4-5-3-1;3*1-4(2)3;2*1-2-5-3-4-1;1-2-4-5-3-1;4*1-2/h6*4H,1-3H3;1-4H3;1-4H;3*4H,1-3H3;3*1-3H;4*1-2H3. The van der Waals surface area contributed by atoms with E-state index in [0.29, 0.717) is 70.3 Å². The lowest BCUT2D eigenvalue weighted by atomic mass is 10.0. The summed E-state index contributed by atoms with van der Waals surface area (Å²) in [6, 6.07) is 5.57. The van der Waals surface area contributed by atoms with Crippen molar-refractivity contribution in [2.45, 2.75) is 306 Å². The van der Waals surface area contributed by atoms with Crippen molar-refractivity contribution in [3.63, 3.8) is 0 Å². The van der Waals surface area contributed by atoms with E-state index < -0.39 is 0 Å². The van der Waals surface area contributed by atoms with E-state index in [1.54, 1.807) is 73.1 Å². The second kappa shape index (κ2) is 74.5. The molecule has 25 heteroatoms. The Labute approximate surface area is 623 Å². The molecule has 10 aromatic heterocycles. The summed E-state index contributed by atoms with van der Waals surface area (Å²) in [5, 5.41) is 31.0. The lowest BCUT2D eigenvalue weighted by Gasteiger charge is -2.05. The van der Waals surface area contributed by atoms with Crippen LogP contribution in [0.5, 0.6) is 0 Å². The molecule has 10 aromatic rings. The van der Waals surface area contributed by atoms with Gasteiger partial charge in [0.1, 0.15) is 37.9 Å². The number of hydrogen-bond donors (Lipinski definition) is 0. The summed E-state index contributed by atoms with van der Waals surface area (Å²) in [7, 11) is 0. The maximum atomic E-state index is 5.12. The number of oxazole rings is 1. The predicted octanol–water partition coefficient (Wildman–Crippen LogP) is 25.8. The van der Waals surface area contributed by atoms with Gasteiger partial charge in [0.25, 0.3) is 0 Å². The average molecular weight is 1480 g/mol. The molecule has 20 nitrogen and oxygen atoms in total. The predicted molar refractivity (Wildman–Crippen MR) is 427 cm³/mol. The number of aryl methyl sites for hydroxylation is 6. The monoisotopic (exact) mass is 1480 g/mol. The van der Waals surface area contributed by atoms with Crippen molar-refractivity contribution in [1.82, 2.24) is 73.7 Å². The molecule has 0 bridgehead atoms. The Kier molecular flexibility index (Phi) is 81.9. The van der Waals surface area contributed by atoms with Gasteiger partial charge in [-0.25, -0.2) is 19.3 Å². The fourth-order valence-electron chi connectivity index (χ4n) is 4.04. The first-order valence-corrected chi connectivity index (χ1v) is 38.8. The highest BCUT2D eigenvalue weighted by Crippen LogP contribution is 2.18. The molecule has 10 rings (SSSR count). The normalized spacial score (nSPS) is 9.37. The van der Waals surface area contributed by atoms with E-state index in [-0.39, 0.29) is 0 Å². The van der Waals surface area contributed by atoms with Gasteiger partial charge in [0.15, 0.2) is 18.0 Å². The highest BCUT2D eigenvalue weighted by molar-refractivity contribution is 7.11. The fraction of sp³-hybridized carbons (Fsp3) is 0.662. The third kappa shape index (κ3) is 87.9. The SMILES string of the molecule is CC.CC.CC.CC.CC(C)(C)C.CC(C)C.CC(C)C.CC(C)C.Cc1nc(C(C)C)no1.Cc1nc(C(C)C)ns1.Cc1nnc(C(C)C)o1.Cc1nnc(C(C)C)s1.Cc1noc(C(C)C)n1.Cc1nsc(C(C)C)n1.c1ccoc1.c1cnsc1.c1cocn1.c1cscn1. The van der Waals surface area contributed by atoms with Crippen molar-refractivity contribution in [3.8, 4) is 0 Å². The lowest BCUT2D eigenvalue weighted by molar-refractivity contribution is 0.362. The van der Waals surface area contributed by atoms with Crippen LogP contribution in [-0.2, 0) is 0 Å². The van der Waals surface area contributed by atoms with Crippen molar-refractivity contribution >= 4 is 57.3 Å². The van der Waals surface area contributed by atoms with Gasteiger partial charge in [-0.3, -0.25) is 4.98 Å². The molecular weight excluding hydrogens is 1340 g/mol. The van der Waals surface area contributed by atoms with Crippen molar-refractivity contribution in [2.75, 3.05) is 0 Å². The van der Waals surface area contributed by atoms with Crippen molar-refractivity contribution < 1.29 is 22.3 Å². The third-order valence-corrected chi connectivity index (χ3v) is 11.7. The molecule has 0 aliphatic rings. The molecular formula is C74H139N15O5S5. The Morgan fingerprint density at radius 2 is 0.919 bits per heavy atom. The fourth-order valence-corrected chi connectivity index (χ4v) is 6.70. The van der Waals surface area contributed by atoms with Crippen LogP contribution in [0, 0.1) is 64.7 Å². The minimum absolute atomic E-state index is 0.339. The summed E-state index contributed by atoms with van der Waals surface area (Å²) in [6.45, 7) is 80.4. The first kappa shape index (κ1) is 109. The summed E-state index contributed by atoms with van der Waals surface area (Å²) in [5.41, 5.74) is 2.29. The number of furan rings is 1. The molecule has 0 aromatic carbocycles. The van der Waals surface area contributed by atoms with Crippen LogP contribution in [0.4, 0.5) is 0 Å². The van der Waals surface area contributed by atoms with Gasteiger partial charge in [-0.15, -0.1) is 43.1 Å². The molecule has 570 valence electrons. The third-order valence-electron chi connectivity index (χ3n) is 7.73. The van der Waals surface area contributed by atoms with Gasteiger partial charge in [0.2, 0.25) is 23.6 Å². The van der Waals surface area contributed by atoms with Gasteiger partial charge in [-0.05, 0) is 104 Å². The van der Waals surface area contributed by atoms with Crippen LogP contribution in [0.3, 0.4) is 0 Å². The molecule has 0 spiro atoms. The van der Waals surface area contributed by atoms with Crippen molar-refractivity contribution in [3.05, 3.63) is 145 Å². The van der Waals surface area contributed by atoms with Crippen molar-refractivity contribution in [1.29, 1.82) is 0 Å². The first-order valence-electron chi connectivity index (χ1n) is 34.7. The average Bonchev–Trinajstić information content (AvgIpc) is 1.87. The van der Waals surface area contributed by atoms with Gasteiger partial charge in [0, 0.05) is 72.5 Å². The van der Waals surface area contributed by atoms with E-state index in [1.165, 1.54) is 47.3 Å². The van der Waals surface area contributed by atoms with Crippen LogP contribution < -0.4 is 0 Å². The molecule has 99 heavy (non-hydrogen) atoms. The highest BCUT2D eigenvalue weighted by Gasteiger charge is 2.08. The zero-order valence-electron chi connectivity index (χ0n) is 69.0. The number of nitrogens with zero attached hydrogens (tertiary/aromatic N) is 15. The molecule has 0 amide bonds. The molecule has 0 saturated heterocycles. The van der Waals surface area contributed by atoms with E-state index in [9.17, 15) is 0 Å². The summed E-state index contributed by atoms with van der Waals surface area (Å²) in [4.78, 5) is 23.8. The van der Waals surface area contributed by atoms with Gasteiger partial charge in [-0.1, -0.05) is 239 Å². The molecule has 0 unspecified atom stereocenters. The van der Waals surface area contributed by atoms with E-state index >= 15 is 0 Å². The summed E-state index contributed by atoms with van der Waals surface area (Å²) in [5.74, 6) is 11.1. The van der Waals surface area contributed by atoms with E-state index in [2.05, 4.69) is 214 Å². The molecule has 0 saturated carbocycles. The number of aromatic nitrogens is 15. The van der Waals surface area contributed by atoms with Crippen molar-refractivity contribution in [2.24, 2.45) is 23.2 Å². The van der Waals surface area contributed by atoms with Crippen LogP contribution in [0.1, 0.15) is 331 Å². The zero-order valence-corrected chi connectivity index (χ0v) is 73.1. The zero-order chi connectivity index (χ0) is 78.5. The second-order valence-corrected chi connectivity index (χ2v) is 29.4. The highest BCUT2D eigenvalue weighted by atomic mass is 32.1. The number of rotatable bonds is 6. The van der Waals surface area contributed by atoms with Gasteiger partial charge in [0.05, 0.1) is 24.2 Å². The van der Waals surface area contributed by atoms with Gasteiger partial charge >= 0.3 is 0 Å². The molecule has 0 N–H and O–H groups in total. The maximum Gasteiger partial charge on any atom is 0.229 e. The number of thiazole rings is 1. The molecule has 0 aliphatic heterocycles. The minimum atomic E-state index is 0.339. The van der Waals surface area contributed by atoms with Crippen LogP contribution >= 0.6 is 57.3 Å². The van der Waals surface area contributed by atoms with E-state index in [1.807, 2.05) is 154 Å². The molecule has 0 aliphatic carbocycles. The smallest absolute Gasteiger partial charge is 0.229 e. The molecule has 0 radical (unpaired) electrons. The minimum Gasteiger partial charge on any atom is -0.473 e. The van der Waals surface area contributed by atoms with Crippen LogP contribution in [0.25, 0.3) is 0 Å². The topological polar surface area (TPSA) is 259 Å². The van der Waals surface area contributed by atoms with Crippen LogP contribution in [0.15, 0.2) is 101 Å². The Bertz CT molecular complexity index is 2420. The quantitative estimate of drug-likeness (QED) is 0.150. The Balaban J connectivity index is -0.000000150. The maximum absolute atomic E-state index is 5.12. The Morgan fingerprint density at radius 3 is 1.08 bits per heavy atom. The second-order valence-electron chi connectivity index (χ2n) is 25.0. The summed E-state index contributed by atoms with van der Waals surface area (Å²) in [6.07, 6.45) is 11.3. The van der Waals surface area contributed by atoms with E-state index in [0.717, 1.165) is 55.3 Å². The van der Waals surface area contributed by atoms with Crippen LogP contribution in [-0.4, -0.2) is 73.7 Å². The van der Waals surface area contributed by atoms with Gasteiger partial charge in [-0.2, -0.15) is 18.7 Å². The lowest BCUT2D eigenvalue weighted by Crippen LogP contribution is -1.93. The molecule has 0 fully saturated rings. The number of hydrogen-bond acceptors (Lipinski definition) is 25. The largest absolute Gasteiger partial charge is 0.473 e. The molecule has 0 atom stereocenters. The van der Waals surface area contributed by atoms with E-state index in [4.69, 9.17) is 13.5 Å². The Hall–Kier alpha value is -6.15. The van der Waals surface area contributed by atoms with Crippen LogP contribution in [0.2, 0.25) is 0 Å².